The smallest absolute Gasteiger partial charge is 0.336 e. The van der Waals surface area contributed by atoms with Crippen molar-refractivity contribution in [2.45, 2.75) is 78.1 Å². The summed E-state index contributed by atoms with van der Waals surface area (Å²) in [5.74, 6) is 1.27. The van der Waals surface area contributed by atoms with E-state index in [1.165, 1.54) is 63.5 Å². The third kappa shape index (κ3) is 13.6. The van der Waals surface area contributed by atoms with Crippen molar-refractivity contribution in [3.63, 3.8) is 0 Å². The molecular weight excluding hydrogens is 536 g/mol. The number of allylic oxidation sites excluding steroid dienone is 1. The molecule has 0 radical (unpaired) electrons. The van der Waals surface area contributed by atoms with E-state index in [0.717, 1.165) is 42.1 Å². The van der Waals surface area contributed by atoms with Crippen molar-refractivity contribution >= 4 is 23.9 Å². The number of rotatable bonds is 20. The van der Waals surface area contributed by atoms with E-state index >= 15 is 0 Å². The van der Waals surface area contributed by atoms with E-state index in [4.69, 9.17) is 14.2 Å². The average molecular weight is 583 g/mol. The molecule has 0 spiro atoms. The van der Waals surface area contributed by atoms with Crippen LogP contribution in [0.4, 0.5) is 0 Å². The minimum absolute atomic E-state index is 0.177. The van der Waals surface area contributed by atoms with Gasteiger partial charge < -0.3 is 14.2 Å². The maximum absolute atomic E-state index is 12.8. The van der Waals surface area contributed by atoms with E-state index in [0.29, 0.717) is 17.9 Å². The predicted octanol–water partition coefficient (Wildman–Crippen LogP) is 9.90. The highest BCUT2D eigenvalue weighted by molar-refractivity contribution is 6.07. The second kappa shape index (κ2) is 19.9. The molecule has 5 heteroatoms. The lowest BCUT2D eigenvalue weighted by Crippen LogP contribution is -2.04. The summed E-state index contributed by atoms with van der Waals surface area (Å²) >= 11 is 0. The van der Waals surface area contributed by atoms with Crippen LogP contribution in [0.5, 0.6) is 17.2 Å². The molecule has 0 saturated carbocycles. The van der Waals surface area contributed by atoms with Crippen molar-refractivity contribution in [1.29, 1.82) is 0 Å². The molecule has 0 heterocycles. The van der Waals surface area contributed by atoms with Crippen LogP contribution in [-0.4, -0.2) is 25.0 Å². The summed E-state index contributed by atoms with van der Waals surface area (Å²) in [5, 5.41) is 0. The summed E-state index contributed by atoms with van der Waals surface area (Å²) in [7, 11) is 0. The Morgan fingerprint density at radius 1 is 0.581 bits per heavy atom. The van der Waals surface area contributed by atoms with Gasteiger partial charge in [0.15, 0.2) is 5.78 Å². The van der Waals surface area contributed by atoms with E-state index in [-0.39, 0.29) is 5.78 Å². The van der Waals surface area contributed by atoms with E-state index < -0.39 is 5.97 Å². The van der Waals surface area contributed by atoms with E-state index in [2.05, 4.69) is 13.8 Å². The summed E-state index contributed by atoms with van der Waals surface area (Å²) in [5.41, 5.74) is 2.20. The van der Waals surface area contributed by atoms with Gasteiger partial charge in [0.2, 0.25) is 0 Å². The second-order valence-electron chi connectivity index (χ2n) is 10.6. The summed E-state index contributed by atoms with van der Waals surface area (Å²) in [4.78, 5) is 25.2. The predicted molar refractivity (Wildman–Crippen MR) is 176 cm³/mol. The van der Waals surface area contributed by atoms with Gasteiger partial charge >= 0.3 is 5.97 Å². The number of carbonyl (C=O) groups is 2. The van der Waals surface area contributed by atoms with Gasteiger partial charge in [0, 0.05) is 11.6 Å². The van der Waals surface area contributed by atoms with Crippen molar-refractivity contribution in [3.05, 3.63) is 102 Å². The number of hydrogen-bond acceptors (Lipinski definition) is 5. The fourth-order valence-electron chi connectivity index (χ4n) is 4.44. The maximum Gasteiger partial charge on any atom is 0.336 e. The lowest BCUT2D eigenvalue weighted by molar-refractivity contribution is -0.128. The van der Waals surface area contributed by atoms with Gasteiger partial charge in [-0.1, -0.05) is 108 Å². The highest BCUT2D eigenvalue weighted by atomic mass is 16.5. The van der Waals surface area contributed by atoms with Gasteiger partial charge in [-0.25, -0.2) is 4.79 Å². The average Bonchev–Trinajstić information content (AvgIpc) is 3.03. The molecule has 0 unspecified atom stereocenters. The molecule has 3 aromatic carbocycles. The van der Waals surface area contributed by atoms with E-state index in [1.807, 2.05) is 48.5 Å². The molecular formula is C38H46O5. The summed E-state index contributed by atoms with van der Waals surface area (Å²) in [6.45, 7) is 5.85. The van der Waals surface area contributed by atoms with Crippen LogP contribution in [0.15, 0.2) is 84.9 Å². The van der Waals surface area contributed by atoms with Gasteiger partial charge in [-0.2, -0.15) is 0 Å². The molecule has 5 nitrogen and oxygen atoms in total. The van der Waals surface area contributed by atoms with Crippen LogP contribution < -0.4 is 14.2 Å². The van der Waals surface area contributed by atoms with Gasteiger partial charge in [-0.15, -0.1) is 0 Å². The Morgan fingerprint density at radius 3 is 1.63 bits per heavy atom. The van der Waals surface area contributed by atoms with Gasteiger partial charge in [0.1, 0.15) is 17.2 Å². The molecule has 3 aromatic rings. The minimum Gasteiger partial charge on any atom is -0.494 e. The Morgan fingerprint density at radius 2 is 1.09 bits per heavy atom. The molecule has 0 amide bonds. The molecule has 3 rings (SSSR count). The van der Waals surface area contributed by atoms with Crippen molar-refractivity contribution in [2.24, 2.45) is 0 Å². The van der Waals surface area contributed by atoms with Crippen LogP contribution in [-0.2, 0) is 4.79 Å². The Kier molecular flexibility index (Phi) is 15.5. The molecule has 0 aliphatic rings. The second-order valence-corrected chi connectivity index (χ2v) is 10.6. The normalized spacial score (nSPS) is 11.2. The van der Waals surface area contributed by atoms with Gasteiger partial charge in [0.05, 0.1) is 13.2 Å². The third-order valence-corrected chi connectivity index (χ3v) is 6.97. The molecule has 0 aliphatic heterocycles. The topological polar surface area (TPSA) is 61.8 Å². The van der Waals surface area contributed by atoms with Crippen LogP contribution in [0.3, 0.4) is 0 Å². The van der Waals surface area contributed by atoms with Gasteiger partial charge in [-0.05, 0) is 72.5 Å². The summed E-state index contributed by atoms with van der Waals surface area (Å²) in [6, 6.07) is 21.9. The van der Waals surface area contributed by atoms with Crippen molar-refractivity contribution < 1.29 is 23.8 Å². The maximum atomic E-state index is 12.8. The molecule has 0 bridgehead atoms. The first-order chi connectivity index (χ1) is 21.1. The molecule has 0 fully saturated rings. The number of benzene rings is 3. The SMILES string of the molecule is CCCCCCCOc1ccc(/C=C/C(=O)Oc2cccc(C(=O)/C=C/c3ccc(OCCCCCCC)cc3)c2)cc1. The van der Waals surface area contributed by atoms with Gasteiger partial charge in [-0.3, -0.25) is 4.79 Å². The molecule has 0 saturated heterocycles. The fourth-order valence-corrected chi connectivity index (χ4v) is 4.44. The Hall–Kier alpha value is -4.12. The van der Waals surface area contributed by atoms with Crippen LogP contribution >= 0.6 is 0 Å². The Balaban J connectivity index is 1.43. The van der Waals surface area contributed by atoms with E-state index in [9.17, 15) is 9.59 Å². The van der Waals surface area contributed by atoms with Crippen molar-refractivity contribution in [3.8, 4) is 17.2 Å². The monoisotopic (exact) mass is 582 g/mol. The molecule has 228 valence electrons. The zero-order valence-electron chi connectivity index (χ0n) is 25.8. The summed E-state index contributed by atoms with van der Waals surface area (Å²) < 4.78 is 17.0. The highest BCUT2D eigenvalue weighted by Crippen LogP contribution is 2.18. The Labute approximate surface area is 257 Å². The number of unbranched alkanes of at least 4 members (excludes halogenated alkanes) is 8. The van der Waals surface area contributed by atoms with Crippen LogP contribution in [0.1, 0.15) is 99.5 Å². The molecule has 0 N–H and O–H groups in total. The molecule has 43 heavy (non-hydrogen) atoms. The lowest BCUT2D eigenvalue weighted by Gasteiger charge is -2.06. The van der Waals surface area contributed by atoms with E-state index in [1.54, 1.807) is 36.4 Å². The molecule has 0 aromatic heterocycles. The molecule has 0 aliphatic carbocycles. The van der Waals surface area contributed by atoms with Crippen LogP contribution in [0, 0.1) is 0 Å². The lowest BCUT2D eigenvalue weighted by atomic mass is 10.1. The largest absolute Gasteiger partial charge is 0.494 e. The first kappa shape index (κ1) is 33.4. The first-order valence-corrected chi connectivity index (χ1v) is 15.8. The van der Waals surface area contributed by atoms with Crippen LogP contribution in [0.25, 0.3) is 12.2 Å². The van der Waals surface area contributed by atoms with Gasteiger partial charge in [0.25, 0.3) is 0 Å². The number of esters is 1. The number of ether oxygens (including phenoxy) is 3. The zero-order valence-corrected chi connectivity index (χ0v) is 25.8. The number of ketones is 1. The quantitative estimate of drug-likeness (QED) is 0.0436. The zero-order chi connectivity index (χ0) is 30.5. The van der Waals surface area contributed by atoms with Crippen molar-refractivity contribution in [1.82, 2.24) is 0 Å². The minimum atomic E-state index is -0.518. The standard InChI is InChI=1S/C38H46O5/c1-3-5-7-9-11-28-41-34-22-16-31(17-23-34)20-26-37(39)33-14-13-15-36(30-33)43-38(40)27-21-32-18-24-35(25-19-32)42-29-12-10-8-6-4-2/h13-27,30H,3-12,28-29H2,1-2H3/b26-20+,27-21+. The number of carbonyl (C=O) groups excluding carboxylic acids is 2. The highest BCUT2D eigenvalue weighted by Gasteiger charge is 2.07. The fraction of sp³-hybridized carbons (Fsp3) is 0.368. The molecule has 0 atom stereocenters. The first-order valence-electron chi connectivity index (χ1n) is 15.8. The third-order valence-electron chi connectivity index (χ3n) is 6.97. The Bertz CT molecular complexity index is 1290. The van der Waals surface area contributed by atoms with Crippen LogP contribution in [0.2, 0.25) is 0 Å². The number of hydrogen-bond donors (Lipinski definition) is 0. The summed E-state index contributed by atoms with van der Waals surface area (Å²) in [6.07, 6.45) is 18.4. The van der Waals surface area contributed by atoms with Crippen molar-refractivity contribution in [2.75, 3.05) is 13.2 Å².